The Kier molecular flexibility index (Phi) is 6.45. The van der Waals surface area contributed by atoms with Gasteiger partial charge < -0.3 is 24.2 Å². The summed E-state index contributed by atoms with van der Waals surface area (Å²) in [5, 5.41) is 0. The van der Waals surface area contributed by atoms with Crippen molar-refractivity contribution in [3.05, 3.63) is 88.0 Å². The Morgan fingerprint density at radius 3 is 2.31 bits per heavy atom. The zero-order valence-corrected chi connectivity index (χ0v) is 23.1. The van der Waals surface area contributed by atoms with Gasteiger partial charge in [-0.2, -0.15) is 0 Å². The second-order valence-corrected chi connectivity index (χ2v) is 10.7. The summed E-state index contributed by atoms with van der Waals surface area (Å²) in [5.41, 5.74) is 7.31. The molecule has 0 N–H and O–H groups in total. The molecule has 39 heavy (non-hydrogen) atoms. The first-order valence-corrected chi connectivity index (χ1v) is 13.7. The third kappa shape index (κ3) is 4.11. The Hall–Kier alpha value is -4.00. The number of anilines is 1. The minimum atomic E-state index is -0.483. The number of ether oxygens (including phenoxy) is 2. The van der Waals surface area contributed by atoms with E-state index < -0.39 is 5.92 Å². The van der Waals surface area contributed by atoms with Crippen molar-refractivity contribution in [2.75, 3.05) is 51.8 Å². The fraction of sp³-hybridized carbons (Fsp3) is 0.375. The molecule has 0 unspecified atom stereocenters. The summed E-state index contributed by atoms with van der Waals surface area (Å²) >= 11 is 0. The molecule has 3 heterocycles. The average molecular weight is 526 g/mol. The number of rotatable bonds is 4. The lowest BCUT2D eigenvalue weighted by Crippen LogP contribution is -2.54. The molecule has 0 saturated carbocycles. The van der Waals surface area contributed by atoms with E-state index in [0.717, 1.165) is 29.8 Å². The average Bonchev–Trinajstić information content (AvgIpc) is 2.97. The number of carbonyl (C=O) groups excluding carboxylic acids is 2. The van der Waals surface area contributed by atoms with E-state index in [2.05, 4.69) is 36.9 Å². The van der Waals surface area contributed by atoms with E-state index in [1.165, 1.54) is 16.8 Å². The van der Waals surface area contributed by atoms with Crippen molar-refractivity contribution in [3.63, 3.8) is 0 Å². The summed E-state index contributed by atoms with van der Waals surface area (Å²) in [5.74, 6) is 0.853. The Labute approximate surface area is 229 Å². The van der Waals surface area contributed by atoms with Crippen LogP contribution in [-0.4, -0.2) is 68.6 Å². The van der Waals surface area contributed by atoms with Gasteiger partial charge in [-0.15, -0.1) is 0 Å². The zero-order chi connectivity index (χ0) is 27.3. The van der Waals surface area contributed by atoms with E-state index >= 15 is 0 Å². The highest BCUT2D eigenvalue weighted by Crippen LogP contribution is 2.49. The molecule has 1 fully saturated rings. The van der Waals surface area contributed by atoms with Crippen molar-refractivity contribution < 1.29 is 19.1 Å². The molecule has 6 rings (SSSR count). The predicted octanol–water partition coefficient (Wildman–Crippen LogP) is 4.51. The van der Waals surface area contributed by atoms with Crippen LogP contribution in [0.2, 0.25) is 0 Å². The van der Waals surface area contributed by atoms with Gasteiger partial charge in [0.1, 0.15) is 0 Å². The molecule has 3 aliphatic rings. The minimum Gasteiger partial charge on any atom is -0.493 e. The molecule has 0 bridgehead atoms. The molecule has 202 valence electrons. The van der Waals surface area contributed by atoms with Crippen LogP contribution in [-0.2, 0) is 11.2 Å². The summed E-state index contributed by atoms with van der Waals surface area (Å²) in [6, 6.07) is 17.6. The van der Waals surface area contributed by atoms with Crippen molar-refractivity contribution in [3.8, 4) is 11.5 Å². The predicted molar refractivity (Wildman–Crippen MR) is 151 cm³/mol. The first kappa shape index (κ1) is 25.3. The van der Waals surface area contributed by atoms with Crippen LogP contribution in [0, 0.1) is 13.8 Å². The van der Waals surface area contributed by atoms with Crippen LogP contribution >= 0.6 is 0 Å². The molecule has 2 atom stereocenters. The first-order chi connectivity index (χ1) is 18.9. The monoisotopic (exact) mass is 525 g/mol. The number of hydrogen-bond acceptors (Lipinski definition) is 5. The van der Waals surface area contributed by atoms with Gasteiger partial charge in [0.05, 0.1) is 26.2 Å². The van der Waals surface area contributed by atoms with Crippen LogP contribution in [0.4, 0.5) is 5.69 Å². The van der Waals surface area contributed by atoms with E-state index in [0.29, 0.717) is 43.1 Å². The van der Waals surface area contributed by atoms with Crippen molar-refractivity contribution in [2.45, 2.75) is 32.2 Å². The lowest BCUT2D eigenvalue weighted by Gasteiger charge is -2.47. The van der Waals surface area contributed by atoms with Gasteiger partial charge in [0.15, 0.2) is 11.5 Å². The number of fused-ring (bicyclic) bond motifs is 4. The summed E-state index contributed by atoms with van der Waals surface area (Å²) in [6.07, 6.45) is 0.704. The summed E-state index contributed by atoms with van der Waals surface area (Å²) in [4.78, 5) is 34.4. The SMILES string of the molecule is COc1cc2c(cc1OC)[C@H]1[C@@H](C(=O)N3CCN(c4cccc(C)c4C)CC3)c3ccccc3C(=O)N1CC2. The van der Waals surface area contributed by atoms with E-state index in [9.17, 15) is 9.59 Å². The molecule has 0 aromatic heterocycles. The third-order valence-electron chi connectivity index (χ3n) is 8.80. The number of hydrogen-bond donors (Lipinski definition) is 0. The maximum absolute atomic E-state index is 14.4. The fourth-order valence-corrected chi connectivity index (χ4v) is 6.56. The molecule has 2 amide bonds. The number of piperazine rings is 1. The number of benzene rings is 3. The smallest absolute Gasteiger partial charge is 0.254 e. The van der Waals surface area contributed by atoms with Gasteiger partial charge in [0.25, 0.3) is 5.91 Å². The molecule has 7 nitrogen and oxygen atoms in total. The Balaban J connectivity index is 1.36. The molecule has 3 aromatic rings. The van der Waals surface area contributed by atoms with E-state index in [4.69, 9.17) is 9.47 Å². The zero-order valence-electron chi connectivity index (χ0n) is 23.1. The molecule has 1 saturated heterocycles. The molecule has 7 heteroatoms. The van der Waals surface area contributed by atoms with Gasteiger partial charge >= 0.3 is 0 Å². The number of nitrogens with zero attached hydrogens (tertiary/aromatic N) is 3. The van der Waals surface area contributed by atoms with Crippen molar-refractivity contribution in [1.82, 2.24) is 9.80 Å². The third-order valence-corrected chi connectivity index (χ3v) is 8.80. The van der Waals surface area contributed by atoms with E-state index in [1.807, 2.05) is 46.2 Å². The van der Waals surface area contributed by atoms with Crippen LogP contribution in [0.5, 0.6) is 11.5 Å². The van der Waals surface area contributed by atoms with Crippen LogP contribution in [0.25, 0.3) is 0 Å². The van der Waals surface area contributed by atoms with Crippen molar-refractivity contribution in [2.24, 2.45) is 0 Å². The Morgan fingerprint density at radius 2 is 1.56 bits per heavy atom. The lowest BCUT2D eigenvalue weighted by atomic mass is 9.75. The highest BCUT2D eigenvalue weighted by atomic mass is 16.5. The summed E-state index contributed by atoms with van der Waals surface area (Å²) in [6.45, 7) is 7.70. The highest BCUT2D eigenvalue weighted by molar-refractivity contribution is 6.01. The van der Waals surface area contributed by atoms with Gasteiger partial charge in [0.2, 0.25) is 5.91 Å². The van der Waals surface area contributed by atoms with Crippen molar-refractivity contribution in [1.29, 1.82) is 0 Å². The number of amides is 2. The largest absolute Gasteiger partial charge is 0.493 e. The van der Waals surface area contributed by atoms with Gasteiger partial charge in [-0.25, -0.2) is 0 Å². The van der Waals surface area contributed by atoms with Gasteiger partial charge in [-0.3, -0.25) is 9.59 Å². The standard InChI is InChI=1S/C32H35N3O4/c1-20-8-7-11-26(21(20)2)33-14-16-34(17-15-33)32(37)29-23-9-5-6-10-24(23)31(36)35-13-12-22-18-27(38-3)28(39-4)19-25(22)30(29)35/h5-11,18-19,29-30H,12-17H2,1-4H3/t29-,30-/m0/s1. The highest BCUT2D eigenvalue weighted by Gasteiger charge is 2.48. The van der Waals surface area contributed by atoms with Crippen LogP contribution in [0.1, 0.15) is 50.1 Å². The van der Waals surface area contributed by atoms with Crippen LogP contribution < -0.4 is 14.4 Å². The molecule has 3 aromatic carbocycles. The Bertz CT molecular complexity index is 1440. The van der Waals surface area contributed by atoms with E-state index in [1.54, 1.807) is 14.2 Å². The van der Waals surface area contributed by atoms with Gasteiger partial charge in [-0.1, -0.05) is 30.3 Å². The molecular formula is C32H35N3O4. The van der Waals surface area contributed by atoms with Gasteiger partial charge in [-0.05, 0) is 72.4 Å². The molecular weight excluding hydrogens is 490 g/mol. The number of carbonyl (C=O) groups is 2. The normalized spacial score (nSPS) is 20.2. The minimum absolute atomic E-state index is 0.0140. The maximum atomic E-state index is 14.4. The van der Waals surface area contributed by atoms with Crippen molar-refractivity contribution >= 4 is 17.5 Å². The maximum Gasteiger partial charge on any atom is 0.254 e. The van der Waals surface area contributed by atoms with Gasteiger partial charge in [0, 0.05) is 44.0 Å². The number of aryl methyl sites for hydroxylation is 1. The quantitative estimate of drug-likeness (QED) is 0.502. The fourth-order valence-electron chi connectivity index (χ4n) is 6.56. The second kappa shape index (κ2) is 9.95. The topological polar surface area (TPSA) is 62.3 Å². The summed E-state index contributed by atoms with van der Waals surface area (Å²) in [7, 11) is 3.24. The van der Waals surface area contributed by atoms with E-state index in [-0.39, 0.29) is 17.9 Å². The second-order valence-electron chi connectivity index (χ2n) is 10.7. The summed E-state index contributed by atoms with van der Waals surface area (Å²) < 4.78 is 11.2. The first-order valence-electron chi connectivity index (χ1n) is 13.7. The molecule has 3 aliphatic heterocycles. The molecule has 0 aliphatic carbocycles. The Morgan fingerprint density at radius 1 is 0.846 bits per heavy atom. The molecule has 0 radical (unpaired) electrons. The lowest BCUT2D eigenvalue weighted by molar-refractivity contribution is -0.135. The van der Waals surface area contributed by atoms with Crippen LogP contribution in [0.3, 0.4) is 0 Å². The number of methoxy groups -OCH3 is 2. The van der Waals surface area contributed by atoms with Crippen LogP contribution in [0.15, 0.2) is 54.6 Å². The molecule has 0 spiro atoms.